The van der Waals surface area contributed by atoms with Gasteiger partial charge < -0.3 is 20.3 Å². The molecule has 1 fully saturated rings. The molecule has 0 bridgehead atoms. The van der Waals surface area contributed by atoms with Gasteiger partial charge >= 0.3 is 0 Å². The first-order valence-electron chi connectivity index (χ1n) is 9.49. The molecule has 28 heavy (non-hydrogen) atoms. The predicted molar refractivity (Wildman–Crippen MR) is 117 cm³/mol. The molecule has 0 spiro atoms. The molecular weight excluding hydrogens is 394 g/mol. The van der Waals surface area contributed by atoms with Crippen molar-refractivity contribution in [2.45, 2.75) is 30.4 Å². The first kappa shape index (κ1) is 20.9. The second kappa shape index (κ2) is 10.1. The number of nitrogens with one attached hydrogen (secondary N) is 2. The zero-order chi connectivity index (χ0) is 19.9. The average molecular weight is 422 g/mol. The molecule has 3 rings (SSSR count). The van der Waals surface area contributed by atoms with Gasteiger partial charge in [0.05, 0.1) is 18.5 Å². The van der Waals surface area contributed by atoms with Crippen LogP contribution in [0, 0.1) is 5.92 Å². The molecule has 1 aromatic carbocycles. The monoisotopic (exact) mass is 421 g/mol. The van der Waals surface area contributed by atoms with Crippen molar-refractivity contribution >= 4 is 45.5 Å². The summed E-state index contributed by atoms with van der Waals surface area (Å²) in [7, 11) is 0. The number of hydrogen-bond donors (Lipinski definition) is 2. The van der Waals surface area contributed by atoms with Crippen molar-refractivity contribution < 1.29 is 9.53 Å². The summed E-state index contributed by atoms with van der Waals surface area (Å²) in [6.45, 7) is 10.3. The van der Waals surface area contributed by atoms with Crippen LogP contribution in [0.5, 0.6) is 0 Å². The lowest BCUT2D eigenvalue weighted by Gasteiger charge is -2.28. The van der Waals surface area contributed by atoms with Crippen molar-refractivity contribution in [3.8, 4) is 0 Å². The molecule has 0 saturated carbocycles. The lowest BCUT2D eigenvalue weighted by molar-refractivity contribution is -0.115. The second-order valence-electron chi connectivity index (χ2n) is 7.04. The molecule has 152 valence electrons. The molecule has 0 radical (unpaired) electrons. The third-order valence-corrected chi connectivity index (χ3v) is 6.29. The van der Waals surface area contributed by atoms with Crippen LogP contribution in [0.4, 0.5) is 16.5 Å². The second-order valence-corrected chi connectivity index (χ2v) is 9.61. The molecule has 1 aliphatic heterocycles. The van der Waals surface area contributed by atoms with Gasteiger partial charge in [-0.15, -0.1) is 10.2 Å². The Hall–Kier alpha value is -1.84. The fourth-order valence-corrected chi connectivity index (χ4v) is 4.55. The summed E-state index contributed by atoms with van der Waals surface area (Å²) in [4.78, 5) is 14.8. The number of morpholine rings is 1. The van der Waals surface area contributed by atoms with E-state index in [0.717, 1.165) is 53.7 Å². The summed E-state index contributed by atoms with van der Waals surface area (Å²) in [5.41, 5.74) is 1.95. The van der Waals surface area contributed by atoms with Crippen molar-refractivity contribution in [3.05, 3.63) is 24.3 Å². The number of amides is 1. The van der Waals surface area contributed by atoms with E-state index in [1.54, 1.807) is 0 Å². The Morgan fingerprint density at radius 2 is 1.93 bits per heavy atom. The minimum absolute atomic E-state index is 0.0454. The van der Waals surface area contributed by atoms with Crippen molar-refractivity contribution in [2.24, 2.45) is 5.92 Å². The molecule has 2 aromatic rings. The summed E-state index contributed by atoms with van der Waals surface area (Å²) >= 11 is 2.90. The predicted octanol–water partition coefficient (Wildman–Crippen LogP) is 3.56. The third kappa shape index (κ3) is 6.08. The lowest BCUT2D eigenvalue weighted by Crippen LogP contribution is -2.36. The van der Waals surface area contributed by atoms with Crippen molar-refractivity contribution in [1.29, 1.82) is 0 Å². The highest BCUT2D eigenvalue weighted by molar-refractivity contribution is 8.02. The number of hydrogen-bond acceptors (Lipinski definition) is 8. The van der Waals surface area contributed by atoms with Gasteiger partial charge in [0, 0.05) is 31.0 Å². The molecule has 1 atom stereocenters. The van der Waals surface area contributed by atoms with Crippen molar-refractivity contribution in [2.75, 3.05) is 48.4 Å². The van der Waals surface area contributed by atoms with Gasteiger partial charge in [-0.2, -0.15) is 0 Å². The number of carbonyl (C=O) groups is 1. The zero-order valence-corrected chi connectivity index (χ0v) is 18.1. The fraction of sp³-hybridized carbons (Fsp3) is 0.526. The van der Waals surface area contributed by atoms with Crippen LogP contribution in [0.1, 0.15) is 20.8 Å². The molecule has 2 heterocycles. The number of ether oxygens (including phenoxy) is 1. The standard InChI is InChI=1S/C19H27N5O2S2/c1-13(2)12-20-18-22-23-19(28-18)27-14(3)17(25)21-15-4-6-16(7-5-15)24-8-10-26-11-9-24/h4-7,13-14H,8-12H2,1-3H3,(H,20,22)(H,21,25). The average Bonchev–Trinajstić information content (AvgIpc) is 3.15. The first-order valence-corrected chi connectivity index (χ1v) is 11.2. The summed E-state index contributed by atoms with van der Waals surface area (Å²) in [6.07, 6.45) is 0. The molecule has 1 saturated heterocycles. The van der Waals surface area contributed by atoms with Gasteiger partial charge in [-0.25, -0.2) is 0 Å². The Morgan fingerprint density at radius 1 is 1.21 bits per heavy atom. The largest absolute Gasteiger partial charge is 0.378 e. The minimum Gasteiger partial charge on any atom is -0.378 e. The number of nitrogens with zero attached hydrogens (tertiary/aromatic N) is 3. The van der Waals surface area contributed by atoms with Gasteiger partial charge in [0.15, 0.2) is 4.34 Å². The zero-order valence-electron chi connectivity index (χ0n) is 16.5. The van der Waals surface area contributed by atoms with E-state index in [4.69, 9.17) is 4.74 Å². The lowest BCUT2D eigenvalue weighted by atomic mass is 10.2. The van der Waals surface area contributed by atoms with Crippen LogP contribution in [0.3, 0.4) is 0 Å². The van der Waals surface area contributed by atoms with Crippen LogP contribution in [0.2, 0.25) is 0 Å². The maximum atomic E-state index is 12.5. The van der Waals surface area contributed by atoms with Crippen LogP contribution < -0.4 is 15.5 Å². The quantitative estimate of drug-likeness (QED) is 0.631. The number of benzene rings is 1. The Kier molecular flexibility index (Phi) is 7.52. The number of aromatic nitrogens is 2. The van der Waals surface area contributed by atoms with Crippen LogP contribution in [0.15, 0.2) is 28.6 Å². The van der Waals surface area contributed by atoms with Crippen molar-refractivity contribution in [1.82, 2.24) is 10.2 Å². The van der Waals surface area contributed by atoms with Crippen LogP contribution in [-0.2, 0) is 9.53 Å². The number of anilines is 3. The summed E-state index contributed by atoms with van der Waals surface area (Å²) in [5.74, 6) is 0.496. The number of thioether (sulfide) groups is 1. The van der Waals surface area contributed by atoms with Gasteiger partial charge in [0.25, 0.3) is 0 Å². The number of rotatable bonds is 8. The van der Waals surface area contributed by atoms with Gasteiger partial charge in [-0.1, -0.05) is 36.9 Å². The Morgan fingerprint density at radius 3 is 2.61 bits per heavy atom. The third-order valence-electron chi connectivity index (χ3n) is 4.23. The first-order chi connectivity index (χ1) is 13.5. The Bertz CT molecular complexity index is 760. The van der Waals surface area contributed by atoms with Gasteiger partial charge in [-0.3, -0.25) is 4.79 Å². The molecule has 1 aliphatic rings. The normalized spacial score (nSPS) is 15.5. The molecule has 1 unspecified atom stereocenters. The molecule has 0 aliphatic carbocycles. The van der Waals surface area contributed by atoms with E-state index in [1.807, 2.05) is 31.2 Å². The Balaban J connectivity index is 1.49. The van der Waals surface area contributed by atoms with E-state index in [1.165, 1.54) is 23.1 Å². The fourth-order valence-electron chi connectivity index (χ4n) is 2.65. The van der Waals surface area contributed by atoms with E-state index >= 15 is 0 Å². The molecule has 1 aromatic heterocycles. The van der Waals surface area contributed by atoms with E-state index in [2.05, 4.69) is 39.6 Å². The van der Waals surface area contributed by atoms with E-state index in [9.17, 15) is 4.79 Å². The molecular formula is C19H27N5O2S2. The van der Waals surface area contributed by atoms with E-state index < -0.39 is 0 Å². The minimum atomic E-state index is -0.259. The van der Waals surface area contributed by atoms with E-state index in [0.29, 0.717) is 5.92 Å². The van der Waals surface area contributed by atoms with Gasteiger partial charge in [0.2, 0.25) is 11.0 Å². The molecule has 1 amide bonds. The van der Waals surface area contributed by atoms with Crippen molar-refractivity contribution in [3.63, 3.8) is 0 Å². The summed E-state index contributed by atoms with van der Waals surface area (Å²) in [5, 5.41) is 15.1. The summed E-state index contributed by atoms with van der Waals surface area (Å²) in [6, 6.07) is 7.96. The van der Waals surface area contributed by atoms with Crippen LogP contribution in [-0.4, -0.2) is 54.2 Å². The highest BCUT2D eigenvalue weighted by Crippen LogP contribution is 2.29. The highest BCUT2D eigenvalue weighted by Gasteiger charge is 2.18. The smallest absolute Gasteiger partial charge is 0.237 e. The van der Waals surface area contributed by atoms with E-state index in [-0.39, 0.29) is 11.2 Å². The Labute approximate surface area is 174 Å². The summed E-state index contributed by atoms with van der Waals surface area (Å²) < 4.78 is 6.17. The van der Waals surface area contributed by atoms with Crippen LogP contribution in [0.25, 0.3) is 0 Å². The van der Waals surface area contributed by atoms with Gasteiger partial charge in [0.1, 0.15) is 0 Å². The maximum Gasteiger partial charge on any atom is 0.237 e. The molecule has 9 heteroatoms. The van der Waals surface area contributed by atoms with Gasteiger partial charge in [-0.05, 0) is 37.1 Å². The van der Waals surface area contributed by atoms with Crippen LogP contribution >= 0.6 is 23.1 Å². The number of carbonyl (C=O) groups excluding carboxylic acids is 1. The molecule has 2 N–H and O–H groups in total. The highest BCUT2D eigenvalue weighted by atomic mass is 32.2. The SMILES string of the molecule is CC(C)CNc1nnc(SC(C)C(=O)Nc2ccc(N3CCOCC3)cc2)s1. The molecule has 7 nitrogen and oxygen atoms in total. The topological polar surface area (TPSA) is 79.4 Å². The maximum absolute atomic E-state index is 12.5.